The first-order valence-electron chi connectivity index (χ1n) is 6.66. The van der Waals surface area contributed by atoms with Crippen molar-refractivity contribution in [2.45, 2.75) is 18.4 Å². The molecule has 2 rings (SSSR count). The molecule has 0 aliphatic rings. The molecule has 1 aromatic carbocycles. The number of hydrogen-bond acceptors (Lipinski definition) is 5. The molecule has 2 N–H and O–H groups in total. The number of rotatable bonds is 5. The van der Waals surface area contributed by atoms with E-state index in [1.807, 2.05) is 37.3 Å². The molecule has 7 heteroatoms. The lowest BCUT2D eigenvalue weighted by Crippen LogP contribution is -2.19. The Morgan fingerprint density at radius 1 is 1.29 bits per heavy atom. The van der Waals surface area contributed by atoms with Crippen LogP contribution in [-0.2, 0) is 16.4 Å². The van der Waals surface area contributed by atoms with E-state index in [4.69, 9.17) is 5.73 Å². The van der Waals surface area contributed by atoms with Gasteiger partial charge in [0.25, 0.3) is 0 Å². The van der Waals surface area contributed by atoms with Gasteiger partial charge in [0.05, 0.1) is 6.54 Å². The van der Waals surface area contributed by atoms with Gasteiger partial charge in [0, 0.05) is 19.8 Å². The Morgan fingerprint density at radius 2 is 1.90 bits per heavy atom. The minimum Gasteiger partial charge on any atom is -0.383 e. The van der Waals surface area contributed by atoms with E-state index in [1.165, 1.54) is 4.68 Å². The Labute approximate surface area is 125 Å². The molecule has 0 aliphatic carbocycles. The Bertz CT molecular complexity index is 723. The molecule has 0 fully saturated rings. The zero-order valence-electron chi connectivity index (χ0n) is 12.4. The first-order chi connectivity index (χ1) is 9.84. The summed E-state index contributed by atoms with van der Waals surface area (Å²) >= 11 is 0. The molecule has 2 aromatic rings. The maximum absolute atomic E-state index is 12.0. The van der Waals surface area contributed by atoms with Crippen LogP contribution in [0.4, 0.5) is 11.6 Å². The largest absolute Gasteiger partial charge is 0.383 e. The van der Waals surface area contributed by atoms with Gasteiger partial charge in [-0.1, -0.05) is 30.3 Å². The number of nitrogen functional groups attached to an aromatic ring is 1. The van der Waals surface area contributed by atoms with Crippen molar-refractivity contribution in [2.24, 2.45) is 0 Å². The van der Waals surface area contributed by atoms with Gasteiger partial charge < -0.3 is 10.6 Å². The second-order valence-electron chi connectivity index (χ2n) is 4.97. The number of hydrogen-bond donors (Lipinski definition) is 1. The molecule has 0 unspecified atom stereocenters. The number of nitrogens with two attached hydrogens (primary N) is 1. The molecule has 0 radical (unpaired) electrons. The fourth-order valence-electron chi connectivity index (χ4n) is 2.08. The number of aromatic nitrogens is 2. The molecular formula is C14H20N4O2S. The maximum Gasteiger partial charge on any atom is 0.182 e. The van der Waals surface area contributed by atoms with Gasteiger partial charge in [0.1, 0.15) is 5.82 Å². The van der Waals surface area contributed by atoms with Crippen molar-refractivity contribution in [1.29, 1.82) is 0 Å². The summed E-state index contributed by atoms with van der Waals surface area (Å²) in [6.07, 6.45) is 1.15. The van der Waals surface area contributed by atoms with E-state index in [9.17, 15) is 8.42 Å². The summed E-state index contributed by atoms with van der Waals surface area (Å²) in [6.45, 7) is 3.01. The molecule has 0 spiro atoms. The van der Waals surface area contributed by atoms with Crippen LogP contribution in [0.2, 0.25) is 0 Å². The van der Waals surface area contributed by atoms with E-state index >= 15 is 0 Å². The highest BCUT2D eigenvalue weighted by Crippen LogP contribution is 2.29. The van der Waals surface area contributed by atoms with Gasteiger partial charge in [-0.25, -0.2) is 13.1 Å². The standard InChI is InChI=1S/C14H20N4O2S/c1-4-17(2)14-12(21(3,19)20)13(15)18(16-14)10-11-8-6-5-7-9-11/h5-9H,4,10,15H2,1-3H3. The highest BCUT2D eigenvalue weighted by molar-refractivity contribution is 7.91. The fourth-order valence-corrected chi connectivity index (χ4v) is 3.09. The second kappa shape index (κ2) is 5.77. The van der Waals surface area contributed by atoms with E-state index in [0.29, 0.717) is 18.9 Å². The molecular weight excluding hydrogens is 288 g/mol. The molecule has 0 atom stereocenters. The van der Waals surface area contributed by atoms with E-state index in [-0.39, 0.29) is 10.7 Å². The molecule has 6 nitrogen and oxygen atoms in total. The van der Waals surface area contributed by atoms with Crippen LogP contribution in [0.5, 0.6) is 0 Å². The average molecular weight is 308 g/mol. The van der Waals surface area contributed by atoms with Crippen molar-refractivity contribution in [3.05, 3.63) is 35.9 Å². The van der Waals surface area contributed by atoms with Gasteiger partial charge in [-0.2, -0.15) is 5.10 Å². The first-order valence-corrected chi connectivity index (χ1v) is 8.55. The lowest BCUT2D eigenvalue weighted by atomic mass is 10.2. The van der Waals surface area contributed by atoms with E-state index in [1.54, 1.807) is 11.9 Å². The van der Waals surface area contributed by atoms with Crippen molar-refractivity contribution < 1.29 is 8.42 Å². The van der Waals surface area contributed by atoms with Crippen molar-refractivity contribution in [1.82, 2.24) is 9.78 Å². The lowest BCUT2D eigenvalue weighted by Gasteiger charge is -2.14. The van der Waals surface area contributed by atoms with Crippen molar-refractivity contribution in [2.75, 3.05) is 30.5 Å². The van der Waals surface area contributed by atoms with Crippen LogP contribution in [0, 0.1) is 0 Å². The van der Waals surface area contributed by atoms with Gasteiger partial charge >= 0.3 is 0 Å². The molecule has 0 saturated carbocycles. The minimum atomic E-state index is -3.44. The summed E-state index contributed by atoms with van der Waals surface area (Å²) in [5.41, 5.74) is 7.04. The van der Waals surface area contributed by atoms with Gasteiger partial charge in [-0.15, -0.1) is 0 Å². The van der Waals surface area contributed by atoms with Gasteiger partial charge in [-0.3, -0.25) is 0 Å². The summed E-state index contributed by atoms with van der Waals surface area (Å²) < 4.78 is 25.5. The van der Waals surface area contributed by atoms with Crippen LogP contribution in [0.3, 0.4) is 0 Å². The average Bonchev–Trinajstić information content (AvgIpc) is 2.76. The number of sulfone groups is 1. The predicted octanol–water partition coefficient (Wildman–Crippen LogP) is 1.37. The molecule has 1 aromatic heterocycles. The smallest absolute Gasteiger partial charge is 0.182 e. The Balaban J connectivity index is 2.52. The highest BCUT2D eigenvalue weighted by atomic mass is 32.2. The van der Waals surface area contributed by atoms with Gasteiger partial charge in [0.2, 0.25) is 0 Å². The van der Waals surface area contributed by atoms with Gasteiger partial charge in [0.15, 0.2) is 20.6 Å². The van der Waals surface area contributed by atoms with Crippen LogP contribution in [-0.4, -0.2) is 38.0 Å². The molecule has 0 bridgehead atoms. The molecule has 0 aliphatic heterocycles. The first kappa shape index (κ1) is 15.4. The minimum absolute atomic E-state index is 0.0998. The third kappa shape index (κ3) is 3.18. The lowest BCUT2D eigenvalue weighted by molar-refractivity contribution is 0.602. The monoisotopic (exact) mass is 308 g/mol. The molecule has 0 amide bonds. The topological polar surface area (TPSA) is 81.2 Å². The SMILES string of the molecule is CCN(C)c1nn(Cc2ccccc2)c(N)c1S(C)(=O)=O. The van der Waals surface area contributed by atoms with Crippen LogP contribution in [0.15, 0.2) is 35.2 Å². The fraction of sp³-hybridized carbons (Fsp3) is 0.357. The number of benzene rings is 1. The summed E-state index contributed by atoms with van der Waals surface area (Å²) in [7, 11) is -1.65. The van der Waals surface area contributed by atoms with Crippen molar-refractivity contribution in [3.63, 3.8) is 0 Å². The zero-order valence-corrected chi connectivity index (χ0v) is 13.3. The van der Waals surface area contributed by atoms with Crippen LogP contribution in [0.25, 0.3) is 0 Å². The number of nitrogens with zero attached hydrogens (tertiary/aromatic N) is 3. The summed E-state index contributed by atoms with van der Waals surface area (Å²) in [6, 6.07) is 9.67. The normalized spacial score (nSPS) is 11.6. The van der Waals surface area contributed by atoms with Crippen LogP contribution >= 0.6 is 0 Å². The molecule has 21 heavy (non-hydrogen) atoms. The van der Waals surface area contributed by atoms with Gasteiger partial charge in [-0.05, 0) is 12.5 Å². The number of anilines is 2. The summed E-state index contributed by atoms with van der Waals surface area (Å²) in [5.74, 6) is 0.574. The maximum atomic E-state index is 12.0. The Kier molecular flexibility index (Phi) is 4.22. The molecule has 0 saturated heterocycles. The second-order valence-corrected chi connectivity index (χ2v) is 6.92. The molecule has 1 heterocycles. The Morgan fingerprint density at radius 3 is 2.43 bits per heavy atom. The Hall–Kier alpha value is -2.02. The quantitative estimate of drug-likeness (QED) is 0.902. The predicted molar refractivity (Wildman–Crippen MR) is 84.2 cm³/mol. The van der Waals surface area contributed by atoms with Crippen LogP contribution < -0.4 is 10.6 Å². The molecule has 114 valence electrons. The summed E-state index contributed by atoms with van der Waals surface area (Å²) in [4.78, 5) is 1.87. The highest BCUT2D eigenvalue weighted by Gasteiger charge is 2.25. The third-order valence-electron chi connectivity index (χ3n) is 3.31. The van der Waals surface area contributed by atoms with Crippen molar-refractivity contribution >= 4 is 21.5 Å². The van der Waals surface area contributed by atoms with Crippen molar-refractivity contribution in [3.8, 4) is 0 Å². The summed E-state index contributed by atoms with van der Waals surface area (Å²) in [5, 5.41) is 4.38. The van der Waals surface area contributed by atoms with E-state index < -0.39 is 9.84 Å². The van der Waals surface area contributed by atoms with E-state index in [2.05, 4.69) is 5.10 Å². The third-order valence-corrected chi connectivity index (χ3v) is 4.44. The van der Waals surface area contributed by atoms with Crippen LogP contribution in [0.1, 0.15) is 12.5 Å². The zero-order chi connectivity index (χ0) is 15.6. The van der Waals surface area contributed by atoms with E-state index in [0.717, 1.165) is 11.8 Å².